The number of rotatable bonds is 5. The van der Waals surface area contributed by atoms with E-state index in [-0.39, 0.29) is 23.8 Å². The predicted molar refractivity (Wildman–Crippen MR) is 89.6 cm³/mol. The van der Waals surface area contributed by atoms with Gasteiger partial charge in [0, 0.05) is 10.9 Å². The summed E-state index contributed by atoms with van der Waals surface area (Å²) in [5, 5.41) is 3.38. The maximum Gasteiger partial charge on any atom is 0.241 e. The van der Waals surface area contributed by atoms with Crippen LogP contribution in [0.25, 0.3) is 0 Å². The first-order chi connectivity index (χ1) is 10.9. The first-order valence-corrected chi connectivity index (χ1v) is 7.98. The Kier molecular flexibility index (Phi) is 5.85. The SMILES string of the molecule is COc1ccc(Cl)cc1NC(=O)[C@H](C)N1CCC(C(N)=O)CC1. The molecular formula is C16H22ClN3O3. The number of likely N-dealkylation sites (tertiary alicyclic amines) is 1. The van der Waals surface area contributed by atoms with Crippen molar-refractivity contribution in [1.29, 1.82) is 0 Å². The van der Waals surface area contributed by atoms with Gasteiger partial charge >= 0.3 is 0 Å². The van der Waals surface area contributed by atoms with Crippen molar-refractivity contribution in [2.45, 2.75) is 25.8 Å². The van der Waals surface area contributed by atoms with Gasteiger partial charge in [-0.05, 0) is 51.1 Å². The number of nitrogens with one attached hydrogen (secondary N) is 1. The minimum Gasteiger partial charge on any atom is -0.495 e. The zero-order valence-electron chi connectivity index (χ0n) is 13.3. The summed E-state index contributed by atoms with van der Waals surface area (Å²) in [6.45, 7) is 3.20. The van der Waals surface area contributed by atoms with Crippen LogP contribution in [0.3, 0.4) is 0 Å². The van der Waals surface area contributed by atoms with Crippen molar-refractivity contribution in [3.05, 3.63) is 23.2 Å². The Hall–Kier alpha value is -1.79. The largest absolute Gasteiger partial charge is 0.495 e. The monoisotopic (exact) mass is 339 g/mol. The number of halogens is 1. The molecule has 0 unspecified atom stereocenters. The molecule has 3 N–H and O–H groups in total. The molecule has 1 aromatic rings. The topological polar surface area (TPSA) is 84.7 Å². The van der Waals surface area contributed by atoms with Gasteiger partial charge in [0.2, 0.25) is 11.8 Å². The minimum atomic E-state index is -0.312. The minimum absolute atomic E-state index is 0.0884. The highest BCUT2D eigenvalue weighted by atomic mass is 35.5. The average molecular weight is 340 g/mol. The summed E-state index contributed by atoms with van der Waals surface area (Å²) in [5.41, 5.74) is 5.88. The van der Waals surface area contributed by atoms with E-state index < -0.39 is 0 Å². The molecule has 0 bridgehead atoms. The molecule has 0 saturated carbocycles. The Bertz CT molecular complexity index is 586. The van der Waals surface area contributed by atoms with Gasteiger partial charge in [0.25, 0.3) is 0 Å². The molecule has 23 heavy (non-hydrogen) atoms. The predicted octanol–water partition coefficient (Wildman–Crippen LogP) is 1.87. The van der Waals surface area contributed by atoms with Gasteiger partial charge in [0.15, 0.2) is 0 Å². The van der Waals surface area contributed by atoms with Crippen LogP contribution in [0.1, 0.15) is 19.8 Å². The van der Waals surface area contributed by atoms with Gasteiger partial charge in [0.05, 0.1) is 18.8 Å². The van der Waals surface area contributed by atoms with Crippen LogP contribution in [-0.2, 0) is 9.59 Å². The number of primary amides is 1. The maximum absolute atomic E-state index is 12.5. The van der Waals surface area contributed by atoms with Gasteiger partial charge < -0.3 is 15.8 Å². The van der Waals surface area contributed by atoms with Crippen molar-refractivity contribution < 1.29 is 14.3 Å². The van der Waals surface area contributed by atoms with Gasteiger partial charge in [0.1, 0.15) is 5.75 Å². The molecule has 1 aliphatic rings. The standard InChI is InChI=1S/C16H22ClN3O3/c1-10(20-7-5-11(6-8-20)15(18)21)16(22)19-13-9-12(17)3-4-14(13)23-2/h3-4,9-11H,5-8H2,1-2H3,(H2,18,21)(H,19,22)/t10-/m0/s1. The van der Waals surface area contributed by atoms with Gasteiger partial charge in [-0.15, -0.1) is 0 Å². The van der Waals surface area contributed by atoms with E-state index in [0.29, 0.717) is 42.4 Å². The summed E-state index contributed by atoms with van der Waals surface area (Å²) in [6, 6.07) is 4.76. The van der Waals surface area contributed by atoms with E-state index in [1.54, 1.807) is 18.2 Å². The lowest BCUT2D eigenvalue weighted by Gasteiger charge is -2.34. The first-order valence-electron chi connectivity index (χ1n) is 7.60. The smallest absolute Gasteiger partial charge is 0.241 e. The molecule has 2 amide bonds. The van der Waals surface area contributed by atoms with Crippen LogP contribution in [0, 0.1) is 5.92 Å². The highest BCUT2D eigenvalue weighted by Gasteiger charge is 2.29. The third-order valence-electron chi connectivity index (χ3n) is 4.28. The number of amides is 2. The molecule has 0 radical (unpaired) electrons. The Morgan fingerprint density at radius 3 is 2.61 bits per heavy atom. The van der Waals surface area contributed by atoms with Crippen molar-refractivity contribution >= 4 is 29.1 Å². The fourth-order valence-electron chi connectivity index (χ4n) is 2.75. The quantitative estimate of drug-likeness (QED) is 0.857. The van der Waals surface area contributed by atoms with Crippen LogP contribution in [0.5, 0.6) is 5.75 Å². The van der Waals surface area contributed by atoms with Gasteiger partial charge in [-0.25, -0.2) is 0 Å². The number of carbonyl (C=O) groups is 2. The average Bonchev–Trinajstić information content (AvgIpc) is 2.54. The van der Waals surface area contributed by atoms with E-state index in [0.717, 1.165) is 0 Å². The molecule has 7 heteroatoms. The second kappa shape index (κ2) is 7.66. The van der Waals surface area contributed by atoms with Crippen molar-refractivity contribution in [3.63, 3.8) is 0 Å². The lowest BCUT2D eigenvalue weighted by atomic mass is 9.95. The number of anilines is 1. The number of benzene rings is 1. The summed E-state index contributed by atoms with van der Waals surface area (Å²) < 4.78 is 5.23. The van der Waals surface area contributed by atoms with E-state index in [2.05, 4.69) is 5.32 Å². The fraction of sp³-hybridized carbons (Fsp3) is 0.500. The third-order valence-corrected chi connectivity index (χ3v) is 4.51. The van der Waals surface area contributed by atoms with Crippen molar-refractivity contribution in [2.75, 3.05) is 25.5 Å². The zero-order valence-corrected chi connectivity index (χ0v) is 14.1. The molecule has 0 spiro atoms. The molecule has 6 nitrogen and oxygen atoms in total. The molecule has 1 aromatic carbocycles. The number of piperidine rings is 1. The summed E-state index contributed by atoms with van der Waals surface area (Å²) in [4.78, 5) is 25.7. The molecule has 1 aliphatic heterocycles. The second-order valence-corrected chi connectivity index (χ2v) is 6.16. The van der Waals surface area contributed by atoms with E-state index in [1.807, 2.05) is 11.8 Å². The van der Waals surface area contributed by atoms with Gasteiger partial charge in [-0.1, -0.05) is 11.6 Å². The van der Waals surface area contributed by atoms with Crippen LogP contribution in [0.4, 0.5) is 5.69 Å². The third kappa shape index (κ3) is 4.36. The lowest BCUT2D eigenvalue weighted by molar-refractivity contribution is -0.124. The van der Waals surface area contributed by atoms with E-state index in [4.69, 9.17) is 22.1 Å². The molecule has 1 atom stereocenters. The molecule has 1 fully saturated rings. The number of carbonyl (C=O) groups excluding carboxylic acids is 2. The molecule has 1 heterocycles. The summed E-state index contributed by atoms with van der Waals surface area (Å²) in [6.07, 6.45) is 1.38. The summed E-state index contributed by atoms with van der Waals surface area (Å²) in [7, 11) is 1.54. The molecule has 0 aromatic heterocycles. The van der Waals surface area contributed by atoms with Crippen molar-refractivity contribution in [3.8, 4) is 5.75 Å². The van der Waals surface area contributed by atoms with Gasteiger partial charge in [-0.2, -0.15) is 0 Å². The summed E-state index contributed by atoms with van der Waals surface area (Å²) >= 11 is 5.97. The fourth-order valence-corrected chi connectivity index (χ4v) is 2.92. The molecule has 126 valence electrons. The first kappa shape index (κ1) is 17.6. The normalized spacial score (nSPS) is 17.5. The summed E-state index contributed by atoms with van der Waals surface area (Å²) in [5.74, 6) is 0.0745. The maximum atomic E-state index is 12.5. The van der Waals surface area contributed by atoms with Crippen LogP contribution in [-0.4, -0.2) is 43.0 Å². The van der Waals surface area contributed by atoms with Crippen LogP contribution < -0.4 is 15.8 Å². The van der Waals surface area contributed by atoms with Crippen molar-refractivity contribution in [1.82, 2.24) is 4.90 Å². The Morgan fingerprint density at radius 1 is 1.39 bits per heavy atom. The van der Waals surface area contributed by atoms with Crippen LogP contribution in [0.2, 0.25) is 5.02 Å². The number of nitrogens with zero attached hydrogens (tertiary/aromatic N) is 1. The number of ether oxygens (including phenoxy) is 1. The van der Waals surface area contributed by atoms with Gasteiger partial charge in [-0.3, -0.25) is 14.5 Å². The molecule has 1 saturated heterocycles. The van der Waals surface area contributed by atoms with Crippen LogP contribution >= 0.6 is 11.6 Å². The highest BCUT2D eigenvalue weighted by molar-refractivity contribution is 6.31. The second-order valence-electron chi connectivity index (χ2n) is 5.72. The number of methoxy groups -OCH3 is 1. The molecule has 2 rings (SSSR count). The van der Waals surface area contributed by atoms with Crippen molar-refractivity contribution in [2.24, 2.45) is 11.7 Å². The van der Waals surface area contributed by atoms with E-state index >= 15 is 0 Å². The lowest BCUT2D eigenvalue weighted by Crippen LogP contribution is -2.47. The Labute approximate surface area is 140 Å². The Morgan fingerprint density at radius 2 is 2.04 bits per heavy atom. The zero-order chi connectivity index (χ0) is 17.0. The van der Waals surface area contributed by atoms with Crippen LogP contribution in [0.15, 0.2) is 18.2 Å². The number of nitrogens with two attached hydrogens (primary N) is 1. The van der Waals surface area contributed by atoms with E-state index in [1.165, 1.54) is 7.11 Å². The van der Waals surface area contributed by atoms with E-state index in [9.17, 15) is 9.59 Å². The Balaban J connectivity index is 1.98. The highest BCUT2D eigenvalue weighted by Crippen LogP contribution is 2.28. The molecular weight excluding hydrogens is 318 g/mol. The molecule has 0 aliphatic carbocycles. The number of hydrogen-bond donors (Lipinski definition) is 2. The number of hydrogen-bond acceptors (Lipinski definition) is 4.